The fourth-order valence-electron chi connectivity index (χ4n) is 1.24. The summed E-state index contributed by atoms with van der Waals surface area (Å²) in [7, 11) is 0. The Hall–Kier alpha value is -1.35. The molecule has 6 heteroatoms. The van der Waals surface area contributed by atoms with E-state index in [2.05, 4.69) is 15.9 Å². The summed E-state index contributed by atoms with van der Waals surface area (Å²) in [6, 6.07) is 3.67. The van der Waals surface area contributed by atoms with Crippen LogP contribution in [-0.4, -0.2) is 5.78 Å². The van der Waals surface area contributed by atoms with E-state index in [0.717, 1.165) is 19.1 Å². The first-order chi connectivity index (χ1) is 7.27. The van der Waals surface area contributed by atoms with Gasteiger partial charge in [-0.1, -0.05) is 15.9 Å². The Morgan fingerprint density at radius 3 is 2.38 bits per heavy atom. The van der Waals surface area contributed by atoms with Gasteiger partial charge in [-0.2, -0.15) is 18.4 Å². The smallest absolute Gasteiger partial charge is 0.294 e. The van der Waals surface area contributed by atoms with Crippen LogP contribution in [-0.2, 0) is 6.18 Å². The highest BCUT2D eigenvalue weighted by molar-refractivity contribution is 9.10. The molecular formula is C10H5BrF3NO. The highest BCUT2D eigenvalue weighted by Gasteiger charge is 2.37. The molecule has 16 heavy (non-hydrogen) atoms. The summed E-state index contributed by atoms with van der Waals surface area (Å²) in [6.45, 7) is 1.03. The number of ketones is 1. The molecule has 0 aromatic heterocycles. The van der Waals surface area contributed by atoms with Crippen LogP contribution in [0.1, 0.15) is 28.4 Å². The minimum absolute atomic E-state index is 0.00470. The summed E-state index contributed by atoms with van der Waals surface area (Å²) >= 11 is 2.72. The Balaban J connectivity index is 3.61. The van der Waals surface area contributed by atoms with Crippen molar-refractivity contribution in [2.24, 2.45) is 0 Å². The molecule has 0 saturated heterocycles. The molecular weight excluding hydrogens is 287 g/mol. The van der Waals surface area contributed by atoms with Gasteiger partial charge in [0.05, 0.1) is 17.2 Å². The molecule has 0 atom stereocenters. The van der Waals surface area contributed by atoms with Gasteiger partial charge in [-0.25, -0.2) is 0 Å². The lowest BCUT2D eigenvalue weighted by Gasteiger charge is -2.13. The second-order valence-electron chi connectivity index (χ2n) is 3.05. The Labute approximate surface area is 97.8 Å². The summed E-state index contributed by atoms with van der Waals surface area (Å²) < 4.78 is 37.6. The van der Waals surface area contributed by atoms with Crippen LogP contribution >= 0.6 is 15.9 Å². The van der Waals surface area contributed by atoms with E-state index < -0.39 is 23.1 Å². The number of carbonyl (C=O) groups excluding carboxylic acids is 1. The maximum absolute atomic E-state index is 12.6. The molecule has 1 rings (SSSR count). The second kappa shape index (κ2) is 4.26. The van der Waals surface area contributed by atoms with Crippen molar-refractivity contribution < 1.29 is 18.0 Å². The number of carbonyl (C=O) groups is 1. The summed E-state index contributed by atoms with van der Waals surface area (Å²) in [5, 5.41) is 8.60. The number of Topliss-reactive ketones (excluding diaryl/α,β-unsaturated/α-hetero) is 1. The minimum atomic E-state index is -4.63. The van der Waals surface area contributed by atoms with Gasteiger partial charge in [-0.3, -0.25) is 4.79 Å². The number of nitrogens with zero attached hydrogens (tertiary/aromatic N) is 1. The summed E-state index contributed by atoms with van der Waals surface area (Å²) in [6.07, 6.45) is -4.63. The Morgan fingerprint density at radius 2 is 2.00 bits per heavy atom. The van der Waals surface area contributed by atoms with Gasteiger partial charge in [0.2, 0.25) is 0 Å². The molecule has 0 spiro atoms. The van der Waals surface area contributed by atoms with Crippen molar-refractivity contribution in [2.45, 2.75) is 13.1 Å². The molecule has 0 radical (unpaired) electrons. The van der Waals surface area contributed by atoms with Crippen molar-refractivity contribution >= 4 is 21.7 Å². The van der Waals surface area contributed by atoms with Gasteiger partial charge in [0, 0.05) is 10.0 Å². The summed E-state index contributed by atoms with van der Waals surface area (Å²) in [5.74, 6) is -0.731. The average Bonchev–Trinajstić information content (AvgIpc) is 2.14. The topological polar surface area (TPSA) is 40.9 Å². The third kappa shape index (κ3) is 2.42. The highest BCUT2D eigenvalue weighted by Crippen LogP contribution is 2.38. The lowest BCUT2D eigenvalue weighted by molar-refractivity contribution is -0.138. The van der Waals surface area contributed by atoms with E-state index in [1.54, 1.807) is 6.07 Å². The van der Waals surface area contributed by atoms with Crippen molar-refractivity contribution in [3.05, 3.63) is 33.3 Å². The number of benzene rings is 1. The van der Waals surface area contributed by atoms with Crippen LogP contribution in [0.3, 0.4) is 0 Å². The quantitative estimate of drug-likeness (QED) is 0.743. The molecule has 0 N–H and O–H groups in total. The lowest BCUT2D eigenvalue weighted by Crippen LogP contribution is -2.13. The van der Waals surface area contributed by atoms with Crippen molar-refractivity contribution in [1.82, 2.24) is 0 Å². The van der Waals surface area contributed by atoms with Crippen molar-refractivity contribution in [3.8, 4) is 6.07 Å². The monoisotopic (exact) mass is 291 g/mol. The second-order valence-corrected chi connectivity index (χ2v) is 3.90. The van der Waals surface area contributed by atoms with Crippen molar-refractivity contribution in [2.75, 3.05) is 0 Å². The van der Waals surface area contributed by atoms with E-state index in [-0.39, 0.29) is 10.0 Å². The van der Waals surface area contributed by atoms with E-state index >= 15 is 0 Å². The van der Waals surface area contributed by atoms with E-state index in [1.807, 2.05) is 0 Å². The summed E-state index contributed by atoms with van der Waals surface area (Å²) in [5.41, 5.74) is -1.54. The molecule has 0 fully saturated rings. The zero-order valence-corrected chi connectivity index (χ0v) is 9.61. The van der Waals surface area contributed by atoms with E-state index in [1.165, 1.54) is 0 Å². The maximum atomic E-state index is 12.6. The van der Waals surface area contributed by atoms with Crippen molar-refractivity contribution in [3.63, 3.8) is 0 Å². The number of alkyl halides is 3. The Morgan fingerprint density at radius 1 is 1.44 bits per heavy atom. The van der Waals surface area contributed by atoms with Crippen LogP contribution in [0.15, 0.2) is 16.6 Å². The van der Waals surface area contributed by atoms with Gasteiger partial charge in [0.25, 0.3) is 0 Å². The molecule has 2 nitrogen and oxygen atoms in total. The SMILES string of the molecule is CC(=O)c1cc(C#N)cc(Br)c1C(F)(F)F. The van der Waals surface area contributed by atoms with Crippen LogP contribution in [0.4, 0.5) is 13.2 Å². The van der Waals surface area contributed by atoms with Crippen molar-refractivity contribution in [1.29, 1.82) is 5.26 Å². The van der Waals surface area contributed by atoms with Gasteiger partial charge < -0.3 is 0 Å². The molecule has 0 amide bonds. The number of halogens is 4. The van der Waals surface area contributed by atoms with Gasteiger partial charge >= 0.3 is 6.18 Å². The molecule has 1 aromatic rings. The third-order valence-electron chi connectivity index (χ3n) is 1.88. The zero-order chi connectivity index (χ0) is 12.5. The Kier molecular flexibility index (Phi) is 3.38. The number of hydrogen-bond acceptors (Lipinski definition) is 2. The lowest BCUT2D eigenvalue weighted by atomic mass is 10.0. The number of hydrogen-bond donors (Lipinski definition) is 0. The maximum Gasteiger partial charge on any atom is 0.418 e. The first-order valence-corrected chi connectivity index (χ1v) is 4.88. The molecule has 0 saturated carbocycles. The molecule has 0 aliphatic carbocycles. The first-order valence-electron chi connectivity index (χ1n) is 4.09. The number of rotatable bonds is 1. The van der Waals surface area contributed by atoms with E-state index in [0.29, 0.717) is 0 Å². The minimum Gasteiger partial charge on any atom is -0.294 e. The highest BCUT2D eigenvalue weighted by atomic mass is 79.9. The average molecular weight is 292 g/mol. The predicted octanol–water partition coefficient (Wildman–Crippen LogP) is 3.54. The Bertz CT molecular complexity index is 488. The summed E-state index contributed by atoms with van der Waals surface area (Å²) in [4.78, 5) is 11.1. The van der Waals surface area contributed by atoms with E-state index in [4.69, 9.17) is 5.26 Å². The molecule has 0 aliphatic heterocycles. The molecule has 84 valence electrons. The van der Waals surface area contributed by atoms with Crippen LogP contribution in [0.5, 0.6) is 0 Å². The fraction of sp³-hybridized carbons (Fsp3) is 0.200. The van der Waals surface area contributed by atoms with Crippen LogP contribution in [0.2, 0.25) is 0 Å². The third-order valence-corrected chi connectivity index (χ3v) is 2.51. The van der Waals surface area contributed by atoms with Crippen LogP contribution < -0.4 is 0 Å². The van der Waals surface area contributed by atoms with Gasteiger partial charge in [0.1, 0.15) is 0 Å². The largest absolute Gasteiger partial charge is 0.418 e. The fourth-order valence-corrected chi connectivity index (χ4v) is 1.92. The van der Waals surface area contributed by atoms with Gasteiger partial charge in [-0.05, 0) is 19.1 Å². The molecule has 0 heterocycles. The van der Waals surface area contributed by atoms with Gasteiger partial charge in [0.15, 0.2) is 5.78 Å². The van der Waals surface area contributed by atoms with Crippen LogP contribution in [0.25, 0.3) is 0 Å². The van der Waals surface area contributed by atoms with Crippen LogP contribution in [0, 0.1) is 11.3 Å². The first kappa shape index (κ1) is 12.7. The molecule has 0 bridgehead atoms. The standard InChI is InChI=1S/C10H5BrF3NO/c1-5(16)7-2-6(4-15)3-8(11)9(7)10(12,13)14/h2-3H,1H3. The normalized spacial score (nSPS) is 11.0. The molecule has 0 aliphatic rings. The zero-order valence-electron chi connectivity index (χ0n) is 8.02. The number of nitriles is 1. The van der Waals surface area contributed by atoms with E-state index in [9.17, 15) is 18.0 Å². The predicted molar refractivity (Wildman–Crippen MR) is 53.9 cm³/mol. The molecule has 1 aromatic carbocycles. The van der Waals surface area contributed by atoms with Gasteiger partial charge in [-0.15, -0.1) is 0 Å². The molecule has 0 unspecified atom stereocenters.